The van der Waals surface area contributed by atoms with Crippen LogP contribution in [0.3, 0.4) is 0 Å². The van der Waals surface area contributed by atoms with E-state index in [0.29, 0.717) is 24.5 Å². The summed E-state index contributed by atoms with van der Waals surface area (Å²) >= 11 is 0. The second kappa shape index (κ2) is 7.35. The molecule has 22 heavy (non-hydrogen) atoms. The lowest BCUT2D eigenvalue weighted by molar-refractivity contribution is -0.143. The molecule has 0 bridgehead atoms. The van der Waals surface area contributed by atoms with Crippen LogP contribution in [0.15, 0.2) is 37.1 Å². The van der Waals surface area contributed by atoms with Crippen molar-refractivity contribution in [2.45, 2.75) is 13.8 Å². The summed E-state index contributed by atoms with van der Waals surface area (Å²) in [5, 5.41) is 0. The summed E-state index contributed by atoms with van der Waals surface area (Å²) < 4.78 is 6.61. The van der Waals surface area contributed by atoms with Gasteiger partial charge in [-0.05, 0) is 26.0 Å². The third-order valence-corrected chi connectivity index (χ3v) is 3.06. The number of carbonyl (C=O) groups is 2. The molecule has 0 fully saturated rings. The second-order valence-corrected chi connectivity index (χ2v) is 4.50. The fourth-order valence-corrected chi connectivity index (χ4v) is 1.93. The van der Waals surface area contributed by atoms with Gasteiger partial charge in [0, 0.05) is 25.1 Å². The zero-order valence-corrected chi connectivity index (χ0v) is 12.6. The predicted octanol–water partition coefficient (Wildman–Crippen LogP) is 1.29. The number of amides is 1. The average molecular weight is 302 g/mol. The lowest BCUT2D eigenvalue weighted by Crippen LogP contribution is -2.36. The van der Waals surface area contributed by atoms with Crippen molar-refractivity contribution < 1.29 is 14.3 Å². The fraction of sp³-hybridized carbons (Fsp3) is 0.333. The lowest BCUT2D eigenvalue weighted by atomic mass is 10.2. The molecule has 0 aromatic carbocycles. The average Bonchev–Trinajstić information content (AvgIpc) is 3.07. The third kappa shape index (κ3) is 3.69. The van der Waals surface area contributed by atoms with E-state index in [4.69, 9.17) is 4.74 Å². The summed E-state index contributed by atoms with van der Waals surface area (Å²) in [6.45, 7) is 4.19. The molecule has 7 nitrogen and oxygen atoms in total. The van der Waals surface area contributed by atoms with Crippen LogP contribution >= 0.6 is 0 Å². The van der Waals surface area contributed by atoms with Crippen LogP contribution in [0.2, 0.25) is 0 Å². The molecule has 0 aliphatic rings. The van der Waals surface area contributed by atoms with E-state index in [1.807, 2.05) is 6.92 Å². The van der Waals surface area contributed by atoms with E-state index in [1.54, 1.807) is 42.3 Å². The van der Waals surface area contributed by atoms with Gasteiger partial charge < -0.3 is 9.64 Å². The van der Waals surface area contributed by atoms with Gasteiger partial charge in [0.15, 0.2) is 0 Å². The molecule has 2 aromatic heterocycles. The van der Waals surface area contributed by atoms with Crippen molar-refractivity contribution in [3.05, 3.63) is 42.6 Å². The van der Waals surface area contributed by atoms with Gasteiger partial charge in [-0.1, -0.05) is 0 Å². The maximum atomic E-state index is 12.4. The molecule has 7 heteroatoms. The molecule has 2 heterocycles. The molecule has 0 saturated heterocycles. The molecule has 116 valence electrons. The van der Waals surface area contributed by atoms with Gasteiger partial charge in [0.2, 0.25) is 0 Å². The Kier molecular flexibility index (Phi) is 5.24. The summed E-state index contributed by atoms with van der Waals surface area (Å²) in [6, 6.07) is 3.41. The molecule has 0 atom stereocenters. The van der Waals surface area contributed by atoms with Crippen LogP contribution in [-0.2, 0) is 9.53 Å². The number of rotatable bonds is 6. The molecule has 2 rings (SSSR count). The van der Waals surface area contributed by atoms with Crippen molar-refractivity contribution in [3.8, 4) is 5.82 Å². The maximum absolute atomic E-state index is 12.4. The number of carbonyl (C=O) groups excluding carboxylic acids is 2. The van der Waals surface area contributed by atoms with Crippen molar-refractivity contribution in [1.82, 2.24) is 19.4 Å². The van der Waals surface area contributed by atoms with Crippen molar-refractivity contribution in [1.29, 1.82) is 0 Å². The highest BCUT2D eigenvalue weighted by molar-refractivity contribution is 5.95. The van der Waals surface area contributed by atoms with E-state index in [2.05, 4.69) is 9.97 Å². The molecule has 0 N–H and O–H groups in total. The SMILES string of the molecule is CCOC(=O)CN(CC)C(=O)c1ccc(-n2ccnc2)nc1. The van der Waals surface area contributed by atoms with Gasteiger partial charge in [0.05, 0.1) is 12.2 Å². The highest BCUT2D eigenvalue weighted by Gasteiger charge is 2.18. The van der Waals surface area contributed by atoms with Crippen molar-refractivity contribution in [2.75, 3.05) is 19.7 Å². The number of imidazole rings is 1. The quantitative estimate of drug-likeness (QED) is 0.751. The smallest absolute Gasteiger partial charge is 0.325 e. The number of nitrogens with zero attached hydrogens (tertiary/aromatic N) is 4. The van der Waals surface area contributed by atoms with Crippen LogP contribution < -0.4 is 0 Å². The highest BCUT2D eigenvalue weighted by atomic mass is 16.5. The Morgan fingerprint density at radius 3 is 2.68 bits per heavy atom. The fourth-order valence-electron chi connectivity index (χ4n) is 1.93. The normalized spacial score (nSPS) is 10.3. The molecule has 0 saturated carbocycles. The first kappa shape index (κ1) is 15.7. The zero-order chi connectivity index (χ0) is 15.9. The summed E-state index contributed by atoms with van der Waals surface area (Å²) in [5.74, 6) is 0.00317. The molecule has 0 spiro atoms. The van der Waals surface area contributed by atoms with Crippen LogP contribution in [0, 0.1) is 0 Å². The molecule has 0 unspecified atom stereocenters. The minimum absolute atomic E-state index is 0.0631. The van der Waals surface area contributed by atoms with Gasteiger partial charge >= 0.3 is 5.97 Å². The van der Waals surface area contributed by atoms with E-state index in [-0.39, 0.29) is 12.5 Å². The Balaban J connectivity index is 2.09. The Morgan fingerprint density at radius 1 is 1.32 bits per heavy atom. The number of likely N-dealkylation sites (N-methyl/N-ethyl adjacent to an activating group) is 1. The first-order valence-corrected chi connectivity index (χ1v) is 7.05. The Labute approximate surface area is 128 Å². The number of pyridine rings is 1. The highest BCUT2D eigenvalue weighted by Crippen LogP contribution is 2.08. The summed E-state index contributed by atoms with van der Waals surface area (Å²) in [6.07, 6.45) is 6.54. The van der Waals surface area contributed by atoms with Gasteiger partial charge in [-0.3, -0.25) is 14.2 Å². The van der Waals surface area contributed by atoms with Crippen LogP contribution in [0.25, 0.3) is 5.82 Å². The van der Waals surface area contributed by atoms with Crippen LogP contribution in [0.1, 0.15) is 24.2 Å². The zero-order valence-electron chi connectivity index (χ0n) is 12.6. The standard InChI is InChI=1S/C15H18N4O3/c1-3-18(10-14(20)22-4-2)15(21)12-5-6-13(17-9-12)19-8-7-16-11-19/h5-9,11H,3-4,10H2,1-2H3. The topological polar surface area (TPSA) is 77.3 Å². The van der Waals surface area contributed by atoms with E-state index < -0.39 is 5.97 Å². The number of ether oxygens (including phenoxy) is 1. The van der Waals surface area contributed by atoms with E-state index in [0.717, 1.165) is 0 Å². The molecule has 0 radical (unpaired) electrons. The number of hydrogen-bond donors (Lipinski definition) is 0. The maximum Gasteiger partial charge on any atom is 0.325 e. The van der Waals surface area contributed by atoms with Crippen molar-refractivity contribution in [3.63, 3.8) is 0 Å². The van der Waals surface area contributed by atoms with Gasteiger partial charge in [-0.15, -0.1) is 0 Å². The summed E-state index contributed by atoms with van der Waals surface area (Å²) in [4.78, 5) is 33.5. The Hall–Kier alpha value is -2.70. The Morgan fingerprint density at radius 2 is 2.14 bits per heavy atom. The van der Waals surface area contributed by atoms with Crippen molar-refractivity contribution in [2.24, 2.45) is 0 Å². The van der Waals surface area contributed by atoms with Gasteiger partial charge in [0.1, 0.15) is 18.7 Å². The number of aromatic nitrogens is 3. The minimum Gasteiger partial charge on any atom is -0.465 e. The second-order valence-electron chi connectivity index (χ2n) is 4.50. The third-order valence-electron chi connectivity index (χ3n) is 3.06. The molecule has 1 amide bonds. The van der Waals surface area contributed by atoms with Gasteiger partial charge in [0.25, 0.3) is 5.91 Å². The first-order valence-electron chi connectivity index (χ1n) is 7.05. The van der Waals surface area contributed by atoms with Gasteiger partial charge in [-0.25, -0.2) is 9.97 Å². The number of esters is 1. The lowest BCUT2D eigenvalue weighted by Gasteiger charge is -2.19. The largest absolute Gasteiger partial charge is 0.465 e. The molecule has 0 aliphatic heterocycles. The van der Waals surface area contributed by atoms with Crippen molar-refractivity contribution >= 4 is 11.9 Å². The van der Waals surface area contributed by atoms with Crippen LogP contribution in [0.5, 0.6) is 0 Å². The predicted molar refractivity (Wildman–Crippen MR) is 79.6 cm³/mol. The van der Waals surface area contributed by atoms with E-state index >= 15 is 0 Å². The summed E-state index contributed by atoms with van der Waals surface area (Å²) in [7, 11) is 0. The monoisotopic (exact) mass is 302 g/mol. The minimum atomic E-state index is -0.416. The number of hydrogen-bond acceptors (Lipinski definition) is 5. The molecular formula is C15H18N4O3. The van der Waals surface area contributed by atoms with E-state index in [9.17, 15) is 9.59 Å². The van der Waals surface area contributed by atoms with Gasteiger partial charge in [-0.2, -0.15) is 0 Å². The molecular weight excluding hydrogens is 284 g/mol. The van der Waals surface area contributed by atoms with E-state index in [1.165, 1.54) is 11.1 Å². The molecule has 2 aromatic rings. The first-order chi connectivity index (χ1) is 10.7. The molecule has 0 aliphatic carbocycles. The Bertz CT molecular complexity index is 623. The summed E-state index contributed by atoms with van der Waals surface area (Å²) in [5.41, 5.74) is 0.426. The van der Waals surface area contributed by atoms with Crippen LogP contribution in [-0.4, -0.2) is 51.0 Å². The van der Waals surface area contributed by atoms with Crippen LogP contribution in [0.4, 0.5) is 0 Å².